The Labute approximate surface area is 115 Å². The van der Waals surface area contributed by atoms with Gasteiger partial charge < -0.3 is 11.1 Å². The maximum Gasteiger partial charge on any atom is 0.224 e. The first kappa shape index (κ1) is 15.0. The fourth-order valence-corrected chi connectivity index (χ4v) is 2.36. The van der Waals surface area contributed by atoms with E-state index in [-0.39, 0.29) is 24.2 Å². The van der Waals surface area contributed by atoms with Crippen LogP contribution in [0.5, 0.6) is 0 Å². The molecule has 3 nitrogen and oxygen atoms in total. The quantitative estimate of drug-likeness (QED) is 0.876. The lowest BCUT2D eigenvalue weighted by atomic mass is 10.0. The highest BCUT2D eigenvalue weighted by atomic mass is 35.5. The van der Waals surface area contributed by atoms with E-state index in [9.17, 15) is 4.79 Å². The van der Waals surface area contributed by atoms with Gasteiger partial charge in [0.05, 0.1) is 0 Å². The van der Waals surface area contributed by atoms with E-state index < -0.39 is 0 Å². The summed E-state index contributed by atoms with van der Waals surface area (Å²) < 4.78 is 0. The highest BCUT2D eigenvalue weighted by molar-refractivity contribution is 5.85. The van der Waals surface area contributed by atoms with E-state index in [0.29, 0.717) is 12.5 Å². The molecule has 3 N–H and O–H groups in total. The standard InChI is InChI=1S/C14H20N2O.ClH/c1-10(8-15)14(17)16-9-12-7-6-11-4-2-3-5-13(11)12;/h2-5,10,12H,6-9,15H2,1H3,(H,16,17);1H. The number of hydrogen-bond donors (Lipinski definition) is 2. The van der Waals surface area contributed by atoms with Gasteiger partial charge in [-0.3, -0.25) is 4.79 Å². The molecule has 2 atom stereocenters. The summed E-state index contributed by atoms with van der Waals surface area (Å²) in [4.78, 5) is 11.7. The third-order valence-corrected chi connectivity index (χ3v) is 3.58. The van der Waals surface area contributed by atoms with Crippen LogP contribution in [0.3, 0.4) is 0 Å². The molecule has 0 heterocycles. The Bertz CT molecular complexity index is 409. The van der Waals surface area contributed by atoms with Crippen LogP contribution in [0.4, 0.5) is 0 Å². The van der Waals surface area contributed by atoms with Gasteiger partial charge in [-0.1, -0.05) is 31.2 Å². The normalized spacial score (nSPS) is 18.7. The Morgan fingerprint density at radius 3 is 2.94 bits per heavy atom. The van der Waals surface area contributed by atoms with Gasteiger partial charge in [-0.2, -0.15) is 0 Å². The van der Waals surface area contributed by atoms with E-state index >= 15 is 0 Å². The fraction of sp³-hybridized carbons (Fsp3) is 0.500. The lowest BCUT2D eigenvalue weighted by molar-refractivity contribution is -0.124. The molecule has 0 fully saturated rings. The molecule has 2 rings (SSSR count). The third-order valence-electron chi connectivity index (χ3n) is 3.58. The van der Waals surface area contributed by atoms with Crippen molar-refractivity contribution in [1.29, 1.82) is 0 Å². The van der Waals surface area contributed by atoms with Gasteiger partial charge >= 0.3 is 0 Å². The van der Waals surface area contributed by atoms with E-state index in [1.165, 1.54) is 11.1 Å². The molecule has 0 radical (unpaired) electrons. The second-order valence-electron chi connectivity index (χ2n) is 4.82. The molecule has 0 aliphatic heterocycles. The smallest absolute Gasteiger partial charge is 0.224 e. The average molecular weight is 269 g/mol. The van der Waals surface area contributed by atoms with Crippen molar-refractivity contribution in [1.82, 2.24) is 5.32 Å². The predicted molar refractivity (Wildman–Crippen MR) is 76.0 cm³/mol. The van der Waals surface area contributed by atoms with Gasteiger partial charge in [0.1, 0.15) is 0 Å². The Morgan fingerprint density at radius 2 is 2.22 bits per heavy atom. The van der Waals surface area contributed by atoms with Gasteiger partial charge in [-0.25, -0.2) is 0 Å². The zero-order chi connectivity index (χ0) is 12.3. The minimum Gasteiger partial charge on any atom is -0.355 e. The van der Waals surface area contributed by atoms with Gasteiger partial charge in [0, 0.05) is 24.9 Å². The number of nitrogens with two attached hydrogens (primary N) is 1. The number of fused-ring (bicyclic) bond motifs is 1. The number of amides is 1. The van der Waals surface area contributed by atoms with Crippen molar-refractivity contribution in [2.24, 2.45) is 11.7 Å². The lowest BCUT2D eigenvalue weighted by Crippen LogP contribution is -2.35. The monoisotopic (exact) mass is 268 g/mol. The summed E-state index contributed by atoms with van der Waals surface area (Å²) in [5.41, 5.74) is 8.30. The van der Waals surface area contributed by atoms with Crippen molar-refractivity contribution in [2.75, 3.05) is 13.1 Å². The highest BCUT2D eigenvalue weighted by Gasteiger charge is 2.22. The molecule has 2 unspecified atom stereocenters. The summed E-state index contributed by atoms with van der Waals surface area (Å²) in [6.45, 7) is 3.01. The summed E-state index contributed by atoms with van der Waals surface area (Å²) in [6, 6.07) is 8.50. The molecule has 100 valence electrons. The molecule has 18 heavy (non-hydrogen) atoms. The van der Waals surface area contributed by atoms with Crippen molar-refractivity contribution in [3.63, 3.8) is 0 Å². The average Bonchev–Trinajstić information content (AvgIpc) is 2.78. The van der Waals surface area contributed by atoms with Crippen LogP contribution >= 0.6 is 12.4 Å². The molecule has 4 heteroatoms. The van der Waals surface area contributed by atoms with E-state index in [1.807, 2.05) is 6.92 Å². The predicted octanol–water partition coefficient (Wildman–Crippen LogP) is 1.85. The Balaban J connectivity index is 0.00000162. The summed E-state index contributed by atoms with van der Waals surface area (Å²) in [5, 5.41) is 3.00. The van der Waals surface area contributed by atoms with Crippen LogP contribution in [-0.4, -0.2) is 19.0 Å². The van der Waals surface area contributed by atoms with E-state index in [4.69, 9.17) is 5.73 Å². The summed E-state index contributed by atoms with van der Waals surface area (Å²) in [6.07, 6.45) is 2.26. The van der Waals surface area contributed by atoms with Crippen molar-refractivity contribution in [2.45, 2.75) is 25.7 Å². The van der Waals surface area contributed by atoms with Crippen LogP contribution in [-0.2, 0) is 11.2 Å². The summed E-state index contributed by atoms with van der Waals surface area (Å²) in [7, 11) is 0. The third kappa shape index (κ3) is 3.24. The Hall–Kier alpha value is -1.06. The molecule has 0 saturated carbocycles. The molecule has 1 aliphatic rings. The minimum atomic E-state index is -0.0911. The summed E-state index contributed by atoms with van der Waals surface area (Å²) >= 11 is 0. The lowest BCUT2D eigenvalue weighted by Gasteiger charge is -2.15. The first-order valence-electron chi connectivity index (χ1n) is 6.28. The number of nitrogens with one attached hydrogen (secondary N) is 1. The second-order valence-corrected chi connectivity index (χ2v) is 4.82. The molecular weight excluding hydrogens is 248 g/mol. The van der Waals surface area contributed by atoms with Gasteiger partial charge in [0.2, 0.25) is 5.91 Å². The minimum absolute atomic E-state index is 0. The van der Waals surface area contributed by atoms with Crippen LogP contribution in [0, 0.1) is 5.92 Å². The molecule has 0 saturated heterocycles. The SMILES string of the molecule is CC(CN)C(=O)NCC1CCc2ccccc21.Cl. The first-order chi connectivity index (χ1) is 8.22. The van der Waals surface area contributed by atoms with E-state index in [1.54, 1.807) is 0 Å². The highest BCUT2D eigenvalue weighted by Crippen LogP contribution is 2.32. The maximum absolute atomic E-state index is 11.7. The molecule has 0 aromatic heterocycles. The van der Waals surface area contributed by atoms with Crippen LogP contribution in [0.1, 0.15) is 30.4 Å². The number of aryl methyl sites for hydroxylation is 1. The summed E-state index contributed by atoms with van der Waals surface area (Å²) in [5.74, 6) is 0.448. The fourth-order valence-electron chi connectivity index (χ4n) is 2.36. The van der Waals surface area contributed by atoms with Gasteiger partial charge in [-0.15, -0.1) is 12.4 Å². The number of hydrogen-bond acceptors (Lipinski definition) is 2. The number of rotatable bonds is 4. The van der Waals surface area contributed by atoms with Crippen LogP contribution in [0.2, 0.25) is 0 Å². The number of halogens is 1. The second kappa shape index (κ2) is 6.76. The van der Waals surface area contributed by atoms with Gasteiger partial charge in [0.25, 0.3) is 0 Å². The number of carbonyl (C=O) groups is 1. The zero-order valence-electron chi connectivity index (χ0n) is 10.7. The Kier molecular flexibility index (Phi) is 5.63. The van der Waals surface area contributed by atoms with Crippen LogP contribution in [0.15, 0.2) is 24.3 Å². The molecule has 1 aromatic carbocycles. The van der Waals surface area contributed by atoms with Gasteiger partial charge in [-0.05, 0) is 24.0 Å². The number of carbonyl (C=O) groups excluding carboxylic acids is 1. The van der Waals surface area contributed by atoms with Crippen molar-refractivity contribution in [3.05, 3.63) is 35.4 Å². The van der Waals surface area contributed by atoms with Crippen molar-refractivity contribution < 1.29 is 4.79 Å². The van der Waals surface area contributed by atoms with Crippen LogP contribution < -0.4 is 11.1 Å². The molecule has 0 spiro atoms. The zero-order valence-corrected chi connectivity index (χ0v) is 11.5. The van der Waals surface area contributed by atoms with Gasteiger partial charge in [0.15, 0.2) is 0 Å². The number of benzene rings is 1. The molecule has 1 aliphatic carbocycles. The largest absolute Gasteiger partial charge is 0.355 e. The maximum atomic E-state index is 11.7. The molecule has 1 amide bonds. The molecular formula is C14H21ClN2O. The molecule has 0 bridgehead atoms. The van der Waals surface area contributed by atoms with Crippen molar-refractivity contribution >= 4 is 18.3 Å². The molecule has 1 aromatic rings. The van der Waals surface area contributed by atoms with E-state index in [2.05, 4.69) is 29.6 Å². The Morgan fingerprint density at radius 1 is 1.50 bits per heavy atom. The van der Waals surface area contributed by atoms with E-state index in [0.717, 1.165) is 19.4 Å². The van der Waals surface area contributed by atoms with Crippen molar-refractivity contribution in [3.8, 4) is 0 Å². The topological polar surface area (TPSA) is 55.1 Å². The van der Waals surface area contributed by atoms with Crippen LogP contribution in [0.25, 0.3) is 0 Å². The first-order valence-corrected chi connectivity index (χ1v) is 6.28.